The van der Waals surface area contributed by atoms with Crippen molar-refractivity contribution in [1.82, 2.24) is 0 Å². The summed E-state index contributed by atoms with van der Waals surface area (Å²) < 4.78 is 6.23. The fourth-order valence-corrected chi connectivity index (χ4v) is 1.15. The van der Waals surface area contributed by atoms with Crippen LogP contribution < -0.4 is 4.18 Å². The molecule has 0 saturated carbocycles. The molecule has 1 aromatic carbocycles. The maximum absolute atomic E-state index is 5.16. The minimum absolute atomic E-state index is 0.885. The summed E-state index contributed by atoms with van der Waals surface area (Å²) in [5.74, 6) is 0.885. The molecule has 0 unspecified atom stereocenters. The minimum atomic E-state index is 0.885. The number of rotatable bonds is 2. The van der Waals surface area contributed by atoms with Crippen molar-refractivity contribution >= 4 is 28.0 Å². The number of hydrogen-bond donors (Lipinski definition) is 0. The third kappa shape index (κ3) is 2.23. The van der Waals surface area contributed by atoms with E-state index in [0.717, 1.165) is 10.2 Å². The normalized spacial score (nSPS) is 9.40. The zero-order chi connectivity index (χ0) is 7.40. The molecule has 3 heteroatoms. The van der Waals surface area contributed by atoms with Crippen LogP contribution in [0.3, 0.4) is 0 Å². The molecule has 0 N–H and O–H groups in total. The van der Waals surface area contributed by atoms with Gasteiger partial charge in [0.15, 0.2) is 0 Å². The highest BCUT2D eigenvalue weighted by Crippen LogP contribution is 2.18. The maximum atomic E-state index is 5.16. The van der Waals surface area contributed by atoms with E-state index >= 15 is 0 Å². The predicted octanol–water partition coefficient (Wildman–Crippen LogP) is 3.11. The average Bonchev–Trinajstić information content (AvgIpc) is 1.95. The van der Waals surface area contributed by atoms with Gasteiger partial charge in [-0.3, -0.25) is 0 Å². The largest absolute Gasteiger partial charge is 0.426 e. The third-order valence-corrected chi connectivity index (χ3v) is 1.88. The van der Waals surface area contributed by atoms with E-state index in [2.05, 4.69) is 15.9 Å². The van der Waals surface area contributed by atoms with Gasteiger partial charge in [0.1, 0.15) is 5.75 Å². The summed E-state index contributed by atoms with van der Waals surface area (Å²) in [7, 11) is 0. The van der Waals surface area contributed by atoms with Gasteiger partial charge >= 0.3 is 0 Å². The van der Waals surface area contributed by atoms with Gasteiger partial charge in [-0.05, 0) is 24.3 Å². The molecule has 0 heterocycles. The van der Waals surface area contributed by atoms with Crippen LogP contribution in [0.2, 0.25) is 0 Å². The summed E-state index contributed by atoms with van der Waals surface area (Å²) in [6, 6.07) is 7.73. The van der Waals surface area contributed by atoms with E-state index in [1.807, 2.05) is 30.5 Å². The summed E-state index contributed by atoms with van der Waals surface area (Å²) >= 11 is 4.68. The Morgan fingerprint density at radius 3 is 2.40 bits per heavy atom. The van der Waals surface area contributed by atoms with Gasteiger partial charge in [-0.2, -0.15) is 0 Å². The first-order valence-corrected chi connectivity index (χ1v) is 4.73. The molecule has 0 saturated heterocycles. The van der Waals surface area contributed by atoms with Gasteiger partial charge in [-0.15, -0.1) is 0 Å². The first-order chi connectivity index (χ1) is 4.83. The van der Waals surface area contributed by atoms with Crippen molar-refractivity contribution in [2.24, 2.45) is 0 Å². The molecular formula is C7H7BrOS. The molecule has 1 rings (SSSR count). The molecule has 0 aliphatic carbocycles. The highest BCUT2D eigenvalue weighted by molar-refractivity contribution is 9.10. The lowest BCUT2D eigenvalue weighted by Crippen LogP contribution is -1.76. The quantitative estimate of drug-likeness (QED) is 0.706. The van der Waals surface area contributed by atoms with E-state index in [1.54, 1.807) is 0 Å². The molecule has 0 bridgehead atoms. The van der Waals surface area contributed by atoms with E-state index in [1.165, 1.54) is 12.0 Å². The van der Waals surface area contributed by atoms with Gasteiger partial charge < -0.3 is 4.18 Å². The number of halogens is 1. The first-order valence-electron chi connectivity index (χ1n) is 2.79. The van der Waals surface area contributed by atoms with Gasteiger partial charge in [0.25, 0.3) is 0 Å². The average molecular weight is 219 g/mol. The van der Waals surface area contributed by atoms with Crippen molar-refractivity contribution in [1.29, 1.82) is 0 Å². The first kappa shape index (κ1) is 7.95. The standard InChI is InChI=1S/C7H7BrOS/c1-10-9-7-4-2-6(8)3-5-7/h2-5H,1H3. The van der Waals surface area contributed by atoms with Gasteiger partial charge in [0, 0.05) is 10.7 Å². The summed E-state index contributed by atoms with van der Waals surface area (Å²) in [4.78, 5) is 0. The lowest BCUT2D eigenvalue weighted by Gasteiger charge is -1.98. The predicted molar refractivity (Wildman–Crippen MR) is 48.3 cm³/mol. The van der Waals surface area contributed by atoms with Crippen molar-refractivity contribution in [3.63, 3.8) is 0 Å². The van der Waals surface area contributed by atoms with E-state index in [4.69, 9.17) is 4.18 Å². The van der Waals surface area contributed by atoms with E-state index < -0.39 is 0 Å². The van der Waals surface area contributed by atoms with Crippen molar-refractivity contribution in [3.8, 4) is 5.75 Å². The Labute approximate surface area is 73.1 Å². The minimum Gasteiger partial charge on any atom is -0.426 e. The Morgan fingerprint density at radius 2 is 1.90 bits per heavy atom. The second-order valence-electron chi connectivity index (χ2n) is 1.70. The van der Waals surface area contributed by atoms with Crippen LogP contribution in [0.5, 0.6) is 5.75 Å². The van der Waals surface area contributed by atoms with Crippen LogP contribution in [-0.2, 0) is 0 Å². The topological polar surface area (TPSA) is 9.23 Å². The smallest absolute Gasteiger partial charge is 0.137 e. The summed E-state index contributed by atoms with van der Waals surface area (Å²) in [5.41, 5.74) is 0. The Balaban J connectivity index is 2.69. The highest BCUT2D eigenvalue weighted by Gasteiger charge is 1.90. The second kappa shape index (κ2) is 3.88. The van der Waals surface area contributed by atoms with Crippen molar-refractivity contribution in [2.75, 3.05) is 6.26 Å². The molecule has 0 amide bonds. The van der Waals surface area contributed by atoms with Gasteiger partial charge in [0.05, 0.1) is 12.0 Å². The lowest BCUT2D eigenvalue weighted by molar-refractivity contribution is 0.650. The molecule has 0 atom stereocenters. The van der Waals surface area contributed by atoms with Crippen LogP contribution in [0.25, 0.3) is 0 Å². The molecule has 54 valence electrons. The molecule has 0 aliphatic heterocycles. The second-order valence-corrected chi connectivity index (χ2v) is 3.12. The zero-order valence-corrected chi connectivity index (χ0v) is 7.91. The molecule has 0 fully saturated rings. The van der Waals surface area contributed by atoms with Crippen LogP contribution in [-0.4, -0.2) is 6.26 Å². The molecule has 0 radical (unpaired) electrons. The van der Waals surface area contributed by atoms with E-state index in [0.29, 0.717) is 0 Å². The molecule has 1 aromatic rings. The molecule has 1 nitrogen and oxygen atoms in total. The third-order valence-electron chi connectivity index (χ3n) is 0.993. The van der Waals surface area contributed by atoms with Gasteiger partial charge in [-0.1, -0.05) is 15.9 Å². The Bertz CT molecular complexity index is 197. The van der Waals surface area contributed by atoms with Crippen LogP contribution in [0, 0.1) is 0 Å². The highest BCUT2D eigenvalue weighted by atomic mass is 79.9. The molecule has 0 aromatic heterocycles. The SMILES string of the molecule is CSOc1ccc(Br)cc1. The van der Waals surface area contributed by atoms with Crippen LogP contribution >= 0.6 is 28.0 Å². The fraction of sp³-hybridized carbons (Fsp3) is 0.143. The lowest BCUT2D eigenvalue weighted by atomic mass is 10.3. The zero-order valence-electron chi connectivity index (χ0n) is 5.50. The Morgan fingerprint density at radius 1 is 1.30 bits per heavy atom. The number of benzene rings is 1. The summed E-state index contributed by atoms with van der Waals surface area (Å²) in [5, 5.41) is 0. The molecule has 10 heavy (non-hydrogen) atoms. The molecule has 0 spiro atoms. The van der Waals surface area contributed by atoms with Crippen molar-refractivity contribution in [3.05, 3.63) is 28.7 Å². The van der Waals surface area contributed by atoms with Gasteiger partial charge in [0.2, 0.25) is 0 Å². The van der Waals surface area contributed by atoms with Crippen LogP contribution in [0.15, 0.2) is 28.7 Å². The van der Waals surface area contributed by atoms with Crippen molar-refractivity contribution < 1.29 is 4.18 Å². The summed E-state index contributed by atoms with van der Waals surface area (Å²) in [6.07, 6.45) is 1.89. The van der Waals surface area contributed by atoms with E-state index in [-0.39, 0.29) is 0 Å². The van der Waals surface area contributed by atoms with Crippen LogP contribution in [0.1, 0.15) is 0 Å². The monoisotopic (exact) mass is 218 g/mol. The van der Waals surface area contributed by atoms with Crippen molar-refractivity contribution in [2.45, 2.75) is 0 Å². The fourth-order valence-electron chi connectivity index (χ4n) is 0.586. The van der Waals surface area contributed by atoms with E-state index in [9.17, 15) is 0 Å². The molecular weight excluding hydrogens is 212 g/mol. The Hall–Kier alpha value is -0.150. The van der Waals surface area contributed by atoms with Gasteiger partial charge in [-0.25, -0.2) is 0 Å². The number of hydrogen-bond acceptors (Lipinski definition) is 2. The Kier molecular flexibility index (Phi) is 3.09. The molecule has 0 aliphatic rings. The summed E-state index contributed by atoms with van der Waals surface area (Å²) in [6.45, 7) is 0. The van der Waals surface area contributed by atoms with Crippen LogP contribution in [0.4, 0.5) is 0 Å². The maximum Gasteiger partial charge on any atom is 0.137 e.